The molecule has 0 atom stereocenters. The fraction of sp³-hybridized carbons (Fsp3) is 0.364. The average Bonchev–Trinajstić information content (AvgIpc) is 3.46. The summed E-state index contributed by atoms with van der Waals surface area (Å²) in [5.41, 5.74) is 5.57. The van der Waals surface area contributed by atoms with E-state index >= 15 is 0 Å². The molecule has 5 rings (SSSR count). The minimum absolute atomic E-state index is 0.111. The van der Waals surface area contributed by atoms with Gasteiger partial charge in [-0.1, -0.05) is 0 Å². The van der Waals surface area contributed by atoms with Crippen molar-refractivity contribution in [3.8, 4) is 0 Å². The van der Waals surface area contributed by atoms with E-state index in [-0.39, 0.29) is 5.91 Å². The molecule has 1 N–H and O–H groups in total. The maximum Gasteiger partial charge on any atom is 0.269 e. The lowest BCUT2D eigenvalue weighted by atomic mass is 10.2. The van der Waals surface area contributed by atoms with Gasteiger partial charge < -0.3 is 9.64 Å². The lowest BCUT2D eigenvalue weighted by Gasteiger charge is -2.26. The molecule has 0 bridgehead atoms. The van der Waals surface area contributed by atoms with E-state index in [1.54, 1.807) is 10.7 Å². The Hall–Kier alpha value is -3.04. The molecule has 7 nitrogen and oxygen atoms in total. The van der Waals surface area contributed by atoms with Crippen molar-refractivity contribution in [1.82, 2.24) is 20.0 Å². The number of hydrazine groups is 1. The predicted molar refractivity (Wildman–Crippen MR) is 113 cm³/mol. The van der Waals surface area contributed by atoms with Crippen LogP contribution in [0.3, 0.4) is 0 Å². The molecule has 2 aliphatic rings. The number of hydrogen-bond acceptors (Lipinski definition) is 5. The van der Waals surface area contributed by atoms with Gasteiger partial charge in [0, 0.05) is 38.1 Å². The van der Waals surface area contributed by atoms with Crippen LogP contribution >= 0.6 is 0 Å². The zero-order chi connectivity index (χ0) is 21.6. The summed E-state index contributed by atoms with van der Waals surface area (Å²) in [7, 11) is 0. The number of fused-ring (bicyclic) bond motifs is 1. The summed E-state index contributed by atoms with van der Waals surface area (Å²) < 4.78 is 30.9. The number of halogens is 2. The Morgan fingerprint density at radius 2 is 1.61 bits per heavy atom. The number of ether oxygens (including phenoxy) is 1. The third kappa shape index (κ3) is 5.36. The second-order valence-corrected chi connectivity index (χ2v) is 7.44. The van der Waals surface area contributed by atoms with Crippen LogP contribution in [0.15, 0.2) is 48.8 Å². The zero-order valence-electron chi connectivity index (χ0n) is 17.1. The molecule has 2 aromatic heterocycles. The molecule has 1 amide bonds. The molecule has 0 radical (unpaired) electrons. The Morgan fingerprint density at radius 1 is 0.968 bits per heavy atom. The van der Waals surface area contributed by atoms with Crippen molar-refractivity contribution in [2.24, 2.45) is 0 Å². The van der Waals surface area contributed by atoms with E-state index in [0.29, 0.717) is 31.9 Å². The van der Waals surface area contributed by atoms with Crippen LogP contribution < -0.4 is 10.3 Å². The molecule has 0 spiro atoms. The molecule has 31 heavy (non-hydrogen) atoms. The topological polar surface area (TPSA) is 62.1 Å². The van der Waals surface area contributed by atoms with E-state index in [2.05, 4.69) is 27.6 Å². The van der Waals surface area contributed by atoms with Gasteiger partial charge in [-0.25, -0.2) is 18.3 Å². The van der Waals surface area contributed by atoms with Crippen LogP contribution in [0.25, 0.3) is 5.52 Å². The van der Waals surface area contributed by atoms with Gasteiger partial charge >= 0.3 is 0 Å². The van der Waals surface area contributed by atoms with Gasteiger partial charge in [0.25, 0.3) is 5.91 Å². The molecular formula is C22H25F2N5O2. The number of amides is 1. The van der Waals surface area contributed by atoms with E-state index in [1.807, 2.05) is 11.2 Å². The van der Waals surface area contributed by atoms with Gasteiger partial charge in [-0.05, 0) is 49.2 Å². The Morgan fingerprint density at radius 3 is 2.26 bits per heavy atom. The monoisotopic (exact) mass is 429 g/mol. The van der Waals surface area contributed by atoms with Crippen LogP contribution in [0.2, 0.25) is 0 Å². The summed E-state index contributed by atoms with van der Waals surface area (Å²) in [4.78, 5) is 14.9. The minimum atomic E-state index is -0.411. The largest absolute Gasteiger partial charge is 0.379 e. The van der Waals surface area contributed by atoms with E-state index in [4.69, 9.17) is 4.74 Å². The third-order valence-corrected chi connectivity index (χ3v) is 5.30. The fourth-order valence-corrected chi connectivity index (χ4v) is 3.63. The third-order valence-electron chi connectivity index (χ3n) is 5.30. The van der Waals surface area contributed by atoms with Crippen LogP contribution in [-0.2, 0) is 4.74 Å². The summed E-state index contributed by atoms with van der Waals surface area (Å²) >= 11 is 0. The minimum Gasteiger partial charge on any atom is -0.379 e. The van der Waals surface area contributed by atoms with Crippen LogP contribution in [0.1, 0.15) is 23.2 Å². The quantitative estimate of drug-likeness (QED) is 0.694. The normalized spacial score (nSPS) is 16.8. The van der Waals surface area contributed by atoms with E-state index in [9.17, 15) is 13.6 Å². The Balaban J connectivity index is 0.000000245. The van der Waals surface area contributed by atoms with Crippen molar-refractivity contribution < 1.29 is 18.3 Å². The smallest absolute Gasteiger partial charge is 0.269 e. The number of nitrogens with one attached hydrogen (secondary N) is 1. The van der Waals surface area contributed by atoms with Gasteiger partial charge in [0.1, 0.15) is 11.6 Å². The van der Waals surface area contributed by atoms with Gasteiger partial charge in [-0.15, -0.1) is 0 Å². The summed E-state index contributed by atoms with van der Waals surface area (Å²) in [5, 5.41) is 6.20. The van der Waals surface area contributed by atoms with Crippen LogP contribution in [0.4, 0.5) is 14.5 Å². The van der Waals surface area contributed by atoms with Crippen LogP contribution in [0.5, 0.6) is 0 Å². The van der Waals surface area contributed by atoms with Gasteiger partial charge in [0.05, 0.1) is 30.5 Å². The SMILES string of the molecule is Fc1ccc(F)cc1.O=C(NN1CCOCC1)c1cnn2ccc(N3CCCC3)cc12. The Labute approximate surface area is 179 Å². The summed E-state index contributed by atoms with van der Waals surface area (Å²) in [5.74, 6) is -0.932. The number of benzene rings is 1. The molecule has 3 aromatic rings. The van der Waals surface area contributed by atoms with Crippen molar-refractivity contribution in [1.29, 1.82) is 0 Å². The number of pyridine rings is 1. The molecule has 4 heterocycles. The molecular weight excluding hydrogens is 404 g/mol. The van der Waals surface area contributed by atoms with Crippen LogP contribution in [0, 0.1) is 11.6 Å². The summed E-state index contributed by atoms with van der Waals surface area (Å²) in [6, 6.07) is 8.44. The van der Waals surface area contributed by atoms with Crippen molar-refractivity contribution in [3.05, 3.63) is 66.0 Å². The van der Waals surface area contributed by atoms with Gasteiger partial charge in [-0.2, -0.15) is 5.10 Å². The zero-order valence-corrected chi connectivity index (χ0v) is 17.1. The molecule has 2 saturated heterocycles. The number of nitrogens with zero attached hydrogens (tertiary/aromatic N) is 4. The highest BCUT2D eigenvalue weighted by Gasteiger charge is 2.19. The van der Waals surface area contributed by atoms with Gasteiger partial charge in [-0.3, -0.25) is 10.2 Å². The summed E-state index contributed by atoms with van der Waals surface area (Å²) in [6.07, 6.45) is 6.02. The molecule has 0 unspecified atom stereocenters. The lowest BCUT2D eigenvalue weighted by molar-refractivity contribution is 0.0127. The summed E-state index contributed by atoms with van der Waals surface area (Å²) in [6.45, 7) is 4.88. The standard InChI is InChI=1S/C16H21N5O2.C6H4F2/c22-16(18-20-7-9-23-10-8-20)14-12-17-21-6-3-13(11-15(14)21)19-4-1-2-5-19;7-5-1-2-6(8)4-3-5/h3,6,11-12H,1-2,4-5,7-10H2,(H,18,22);1-4H. The number of anilines is 1. The first kappa shape index (κ1) is 21.2. The number of morpholine rings is 1. The van der Waals surface area contributed by atoms with Gasteiger partial charge in [0.15, 0.2) is 0 Å². The van der Waals surface area contributed by atoms with Crippen molar-refractivity contribution in [2.45, 2.75) is 12.8 Å². The first-order valence-electron chi connectivity index (χ1n) is 10.4. The number of rotatable bonds is 3. The number of carbonyl (C=O) groups excluding carboxylic acids is 1. The van der Waals surface area contributed by atoms with E-state index in [1.165, 1.54) is 12.8 Å². The molecule has 2 aliphatic heterocycles. The second-order valence-electron chi connectivity index (χ2n) is 7.44. The highest BCUT2D eigenvalue weighted by Crippen LogP contribution is 2.23. The average molecular weight is 429 g/mol. The van der Waals surface area contributed by atoms with Crippen LogP contribution in [-0.4, -0.2) is 59.9 Å². The second kappa shape index (κ2) is 9.84. The Kier molecular flexibility index (Phi) is 6.73. The molecule has 1 aromatic carbocycles. The molecule has 164 valence electrons. The van der Waals surface area contributed by atoms with Crippen molar-refractivity contribution >= 4 is 17.1 Å². The maximum absolute atomic E-state index is 12.6. The number of aromatic nitrogens is 2. The highest BCUT2D eigenvalue weighted by molar-refractivity contribution is 6.00. The Bertz CT molecular complexity index is 991. The predicted octanol–water partition coefficient (Wildman–Crippen LogP) is 2.88. The first-order valence-corrected chi connectivity index (χ1v) is 10.4. The molecule has 9 heteroatoms. The fourth-order valence-electron chi connectivity index (χ4n) is 3.63. The lowest BCUT2D eigenvalue weighted by Crippen LogP contribution is -2.48. The molecule has 2 fully saturated rings. The number of carbonyl (C=O) groups is 1. The van der Waals surface area contributed by atoms with Gasteiger partial charge in [0.2, 0.25) is 0 Å². The van der Waals surface area contributed by atoms with Crippen molar-refractivity contribution in [3.63, 3.8) is 0 Å². The maximum atomic E-state index is 12.6. The van der Waals surface area contributed by atoms with Crippen molar-refractivity contribution in [2.75, 3.05) is 44.3 Å². The number of hydrogen-bond donors (Lipinski definition) is 1. The first-order chi connectivity index (χ1) is 15.1. The molecule has 0 aliphatic carbocycles. The van der Waals surface area contributed by atoms with E-state index < -0.39 is 11.6 Å². The highest BCUT2D eigenvalue weighted by atomic mass is 19.1. The van der Waals surface area contributed by atoms with E-state index in [0.717, 1.165) is 48.6 Å². The molecule has 0 saturated carbocycles.